The Bertz CT molecular complexity index is 208. The number of hydrogen-bond donors (Lipinski definition) is 0. The molecule has 2 atom stereocenters. The maximum Gasteiger partial charge on any atom is 0.309 e. The van der Waals surface area contributed by atoms with Crippen LogP contribution in [0.25, 0.3) is 0 Å². The van der Waals surface area contributed by atoms with Gasteiger partial charge in [0, 0.05) is 5.92 Å². The van der Waals surface area contributed by atoms with Crippen molar-refractivity contribution in [3.63, 3.8) is 0 Å². The Hall–Kier alpha value is -0.530. The molecule has 0 amide bonds. The van der Waals surface area contributed by atoms with Crippen molar-refractivity contribution in [2.45, 2.75) is 45.1 Å². The van der Waals surface area contributed by atoms with Gasteiger partial charge in [0.15, 0.2) is 0 Å². The summed E-state index contributed by atoms with van der Waals surface area (Å²) in [4.78, 5) is 11.4. The number of rotatable bonds is 0. The van der Waals surface area contributed by atoms with Gasteiger partial charge in [-0.3, -0.25) is 4.79 Å². The Labute approximate surface area is 73.3 Å². The van der Waals surface area contributed by atoms with Crippen molar-refractivity contribution in [2.24, 2.45) is 11.8 Å². The summed E-state index contributed by atoms with van der Waals surface area (Å²) < 4.78 is 5.36. The summed E-state index contributed by atoms with van der Waals surface area (Å²) >= 11 is 0. The molecular formula is C10H16O2. The van der Waals surface area contributed by atoms with Gasteiger partial charge in [-0.15, -0.1) is 0 Å². The van der Waals surface area contributed by atoms with Crippen LogP contribution in [-0.4, -0.2) is 11.6 Å². The Balaban J connectivity index is 2.22. The molecule has 12 heavy (non-hydrogen) atoms. The molecule has 0 spiro atoms. The molecule has 1 saturated heterocycles. The highest BCUT2D eigenvalue weighted by Gasteiger charge is 2.50. The number of carbonyl (C=O) groups excluding carboxylic acids is 1. The summed E-state index contributed by atoms with van der Waals surface area (Å²) in [5.74, 6) is 0.747. The highest BCUT2D eigenvalue weighted by atomic mass is 16.6. The fraction of sp³-hybridized carbons (Fsp3) is 0.900. The van der Waals surface area contributed by atoms with Crippen LogP contribution in [0.2, 0.25) is 0 Å². The van der Waals surface area contributed by atoms with E-state index in [4.69, 9.17) is 4.74 Å². The number of esters is 1. The van der Waals surface area contributed by atoms with Crippen LogP contribution in [-0.2, 0) is 9.53 Å². The third-order valence-electron chi connectivity index (χ3n) is 3.33. The second-order valence-electron chi connectivity index (χ2n) is 4.52. The molecule has 1 aliphatic heterocycles. The number of ether oxygens (including phenoxy) is 1. The molecule has 0 aromatic carbocycles. The van der Waals surface area contributed by atoms with Crippen LogP contribution >= 0.6 is 0 Å². The van der Waals surface area contributed by atoms with E-state index in [1.54, 1.807) is 0 Å². The van der Waals surface area contributed by atoms with Crippen LogP contribution < -0.4 is 0 Å². The molecule has 1 saturated carbocycles. The fourth-order valence-corrected chi connectivity index (χ4v) is 2.66. The lowest BCUT2D eigenvalue weighted by atomic mass is 9.74. The van der Waals surface area contributed by atoms with E-state index in [1.807, 2.05) is 13.8 Å². The van der Waals surface area contributed by atoms with E-state index in [9.17, 15) is 4.79 Å². The van der Waals surface area contributed by atoms with Gasteiger partial charge in [0.2, 0.25) is 0 Å². The van der Waals surface area contributed by atoms with Crippen LogP contribution in [0.3, 0.4) is 0 Å². The molecule has 0 unspecified atom stereocenters. The van der Waals surface area contributed by atoms with Crippen LogP contribution in [0.15, 0.2) is 0 Å². The van der Waals surface area contributed by atoms with Gasteiger partial charge in [-0.25, -0.2) is 0 Å². The quantitative estimate of drug-likeness (QED) is 0.518. The molecule has 2 nitrogen and oxygen atoms in total. The zero-order valence-corrected chi connectivity index (χ0v) is 7.80. The van der Waals surface area contributed by atoms with Gasteiger partial charge in [-0.05, 0) is 26.7 Å². The predicted octanol–water partition coefficient (Wildman–Crippen LogP) is 2.13. The third kappa shape index (κ3) is 1.05. The average Bonchev–Trinajstić information content (AvgIpc) is 2.25. The average molecular weight is 168 g/mol. The maximum atomic E-state index is 11.4. The number of hydrogen-bond acceptors (Lipinski definition) is 2. The molecule has 1 heterocycles. The van der Waals surface area contributed by atoms with Crippen molar-refractivity contribution in [2.75, 3.05) is 0 Å². The molecule has 2 rings (SSSR count). The highest BCUT2D eigenvalue weighted by Crippen LogP contribution is 2.45. The molecule has 0 aromatic heterocycles. The summed E-state index contributed by atoms with van der Waals surface area (Å²) in [6.45, 7) is 4.09. The minimum absolute atomic E-state index is 0.0460. The molecule has 0 bridgehead atoms. The smallest absolute Gasteiger partial charge is 0.309 e. The fourth-order valence-electron chi connectivity index (χ4n) is 2.66. The Morgan fingerprint density at radius 2 is 2.00 bits per heavy atom. The summed E-state index contributed by atoms with van der Waals surface area (Å²) in [6.07, 6.45) is 4.68. The molecule has 68 valence electrons. The van der Waals surface area contributed by atoms with Gasteiger partial charge in [0.05, 0.1) is 5.92 Å². The minimum Gasteiger partial charge on any atom is -0.459 e. The van der Waals surface area contributed by atoms with Crippen LogP contribution in [0.4, 0.5) is 0 Å². The van der Waals surface area contributed by atoms with Gasteiger partial charge in [-0.2, -0.15) is 0 Å². The minimum atomic E-state index is -0.192. The molecule has 2 aliphatic rings. The molecule has 1 aliphatic carbocycles. The van der Waals surface area contributed by atoms with Gasteiger partial charge in [0.25, 0.3) is 0 Å². The number of fused-ring (bicyclic) bond motifs is 1. The van der Waals surface area contributed by atoms with Crippen molar-refractivity contribution in [1.29, 1.82) is 0 Å². The summed E-state index contributed by atoms with van der Waals surface area (Å²) in [6, 6.07) is 0. The van der Waals surface area contributed by atoms with Crippen molar-refractivity contribution in [3.8, 4) is 0 Å². The van der Waals surface area contributed by atoms with Crippen LogP contribution in [0.1, 0.15) is 39.5 Å². The van der Waals surface area contributed by atoms with Crippen LogP contribution in [0.5, 0.6) is 0 Å². The second kappa shape index (κ2) is 2.48. The van der Waals surface area contributed by atoms with Gasteiger partial charge < -0.3 is 4.74 Å². The lowest BCUT2D eigenvalue weighted by Gasteiger charge is -2.29. The van der Waals surface area contributed by atoms with E-state index in [1.165, 1.54) is 19.3 Å². The van der Waals surface area contributed by atoms with E-state index >= 15 is 0 Å². The summed E-state index contributed by atoms with van der Waals surface area (Å²) in [7, 11) is 0. The Morgan fingerprint density at radius 1 is 1.33 bits per heavy atom. The molecular weight excluding hydrogens is 152 g/mol. The molecule has 2 heteroatoms. The Kier molecular flexibility index (Phi) is 1.67. The highest BCUT2D eigenvalue weighted by molar-refractivity contribution is 5.76. The standard InChI is InChI=1S/C10H16O2/c1-10(2)8-6-4-3-5-7(8)9(11)12-10/h7-8H,3-6H2,1-2H3/t7-,8+/m0/s1. The SMILES string of the molecule is CC1(C)OC(=O)[C@H]2CCCC[C@H]21. The van der Waals surface area contributed by atoms with Gasteiger partial charge in [0.1, 0.15) is 5.60 Å². The van der Waals surface area contributed by atoms with Crippen molar-refractivity contribution >= 4 is 5.97 Å². The van der Waals surface area contributed by atoms with E-state index in [2.05, 4.69) is 0 Å². The third-order valence-corrected chi connectivity index (χ3v) is 3.33. The van der Waals surface area contributed by atoms with Gasteiger partial charge in [-0.1, -0.05) is 12.8 Å². The number of carbonyl (C=O) groups is 1. The Morgan fingerprint density at radius 3 is 2.67 bits per heavy atom. The first-order chi connectivity index (χ1) is 5.61. The summed E-state index contributed by atoms with van der Waals surface area (Å²) in [5, 5.41) is 0. The number of cyclic esters (lactones) is 1. The first kappa shape index (κ1) is 8.09. The van der Waals surface area contributed by atoms with E-state index < -0.39 is 0 Å². The van der Waals surface area contributed by atoms with Gasteiger partial charge >= 0.3 is 5.97 Å². The van der Waals surface area contributed by atoms with Crippen molar-refractivity contribution < 1.29 is 9.53 Å². The monoisotopic (exact) mass is 168 g/mol. The molecule has 0 aromatic rings. The second-order valence-corrected chi connectivity index (χ2v) is 4.52. The zero-order chi connectivity index (χ0) is 8.77. The lowest BCUT2D eigenvalue weighted by molar-refractivity contribution is -0.148. The van der Waals surface area contributed by atoms with E-state index in [0.29, 0.717) is 5.92 Å². The van der Waals surface area contributed by atoms with Crippen molar-refractivity contribution in [3.05, 3.63) is 0 Å². The molecule has 0 radical (unpaired) electrons. The first-order valence-corrected chi connectivity index (χ1v) is 4.84. The zero-order valence-electron chi connectivity index (χ0n) is 7.80. The van der Waals surface area contributed by atoms with E-state index in [-0.39, 0.29) is 17.5 Å². The molecule has 2 fully saturated rings. The summed E-state index contributed by atoms with van der Waals surface area (Å²) in [5.41, 5.74) is -0.192. The predicted molar refractivity (Wildman–Crippen MR) is 45.6 cm³/mol. The van der Waals surface area contributed by atoms with Crippen LogP contribution in [0, 0.1) is 11.8 Å². The molecule has 0 N–H and O–H groups in total. The lowest BCUT2D eigenvalue weighted by Crippen LogP contribution is -2.31. The van der Waals surface area contributed by atoms with E-state index in [0.717, 1.165) is 6.42 Å². The first-order valence-electron chi connectivity index (χ1n) is 4.84. The topological polar surface area (TPSA) is 26.3 Å². The maximum absolute atomic E-state index is 11.4. The van der Waals surface area contributed by atoms with Crippen molar-refractivity contribution in [1.82, 2.24) is 0 Å². The largest absolute Gasteiger partial charge is 0.459 e. The normalized spacial score (nSPS) is 39.0.